The second-order valence-corrected chi connectivity index (χ2v) is 11.0. The standard InChI is InChI=1S/C26H25F2N7OS/c1-11(2)33-18-8-35(7-12(18)3)26-32-5-14-15-9-36-10-16(15)19(22(28)23(14)34-26)21-17(27)6-31-25-20(21)13(4-29)24(30)37-25/h5-6,11-12,18,33H,7-10,30H2,1-3H3/t12-,18-/m1/s1. The lowest BCUT2D eigenvalue weighted by atomic mass is 9.91. The minimum absolute atomic E-state index is 0.0354. The molecule has 190 valence electrons. The molecular weight excluding hydrogens is 496 g/mol. The summed E-state index contributed by atoms with van der Waals surface area (Å²) in [6.45, 7) is 8.15. The number of fused-ring (bicyclic) bond motifs is 4. The smallest absolute Gasteiger partial charge is 0.226 e. The molecule has 1 fully saturated rings. The zero-order valence-electron chi connectivity index (χ0n) is 20.6. The summed E-state index contributed by atoms with van der Waals surface area (Å²) in [5.41, 5.74) is 7.47. The van der Waals surface area contributed by atoms with E-state index < -0.39 is 11.6 Å². The number of nitrogens with two attached hydrogens (primary N) is 1. The topological polar surface area (TPSA) is 113 Å². The normalized spacial score (nSPS) is 19.3. The summed E-state index contributed by atoms with van der Waals surface area (Å²) in [6.07, 6.45) is 2.67. The zero-order valence-corrected chi connectivity index (χ0v) is 21.4. The monoisotopic (exact) mass is 521 g/mol. The average Bonchev–Trinajstić information content (AvgIpc) is 3.57. The number of thiophene rings is 1. The molecule has 2 aliphatic heterocycles. The first-order valence-corrected chi connectivity index (χ1v) is 13.0. The van der Waals surface area contributed by atoms with E-state index in [1.807, 2.05) is 11.0 Å². The second-order valence-electron chi connectivity index (χ2n) is 10.00. The van der Waals surface area contributed by atoms with Gasteiger partial charge in [-0.2, -0.15) is 5.26 Å². The Hall–Kier alpha value is -3.46. The third-order valence-corrected chi connectivity index (χ3v) is 8.12. The predicted molar refractivity (Wildman–Crippen MR) is 139 cm³/mol. The van der Waals surface area contributed by atoms with Gasteiger partial charge < -0.3 is 20.7 Å². The van der Waals surface area contributed by atoms with E-state index in [-0.39, 0.29) is 51.8 Å². The zero-order chi connectivity index (χ0) is 26.0. The molecule has 1 saturated heterocycles. The maximum absolute atomic E-state index is 16.5. The molecule has 0 unspecified atom stereocenters. The minimum Gasteiger partial charge on any atom is -0.389 e. The molecule has 2 atom stereocenters. The number of benzene rings is 1. The van der Waals surface area contributed by atoms with Crippen LogP contribution in [0.25, 0.3) is 32.2 Å². The van der Waals surface area contributed by atoms with Crippen LogP contribution in [0.15, 0.2) is 12.4 Å². The Morgan fingerprint density at radius 3 is 2.73 bits per heavy atom. The Morgan fingerprint density at radius 1 is 1.19 bits per heavy atom. The Bertz CT molecular complexity index is 1610. The highest BCUT2D eigenvalue weighted by molar-refractivity contribution is 7.22. The van der Waals surface area contributed by atoms with Crippen molar-refractivity contribution in [1.82, 2.24) is 20.3 Å². The molecule has 0 spiro atoms. The van der Waals surface area contributed by atoms with Crippen LogP contribution in [0.5, 0.6) is 0 Å². The molecule has 4 aromatic rings. The molecule has 6 rings (SSSR count). The molecule has 3 aromatic heterocycles. The van der Waals surface area contributed by atoms with E-state index >= 15 is 8.78 Å². The molecule has 0 saturated carbocycles. The third-order valence-electron chi connectivity index (χ3n) is 7.19. The van der Waals surface area contributed by atoms with Gasteiger partial charge in [-0.15, -0.1) is 0 Å². The average molecular weight is 522 g/mol. The van der Waals surface area contributed by atoms with E-state index in [9.17, 15) is 5.26 Å². The number of ether oxygens (including phenoxy) is 1. The summed E-state index contributed by atoms with van der Waals surface area (Å²) < 4.78 is 37.6. The van der Waals surface area contributed by atoms with Crippen LogP contribution in [0.1, 0.15) is 37.5 Å². The van der Waals surface area contributed by atoms with Crippen molar-refractivity contribution in [3.63, 3.8) is 0 Å². The molecule has 5 heterocycles. The highest BCUT2D eigenvalue weighted by atomic mass is 32.1. The van der Waals surface area contributed by atoms with Crippen LogP contribution in [0, 0.1) is 28.9 Å². The van der Waals surface area contributed by atoms with Crippen LogP contribution >= 0.6 is 11.3 Å². The number of hydrogen-bond acceptors (Lipinski definition) is 9. The van der Waals surface area contributed by atoms with Gasteiger partial charge in [0.25, 0.3) is 0 Å². The maximum atomic E-state index is 16.5. The van der Waals surface area contributed by atoms with E-state index in [4.69, 9.17) is 10.5 Å². The molecule has 0 bridgehead atoms. The van der Waals surface area contributed by atoms with E-state index in [1.54, 1.807) is 6.20 Å². The molecule has 1 aromatic carbocycles. The fourth-order valence-electron chi connectivity index (χ4n) is 5.51. The summed E-state index contributed by atoms with van der Waals surface area (Å²) in [6, 6.07) is 2.64. The Labute approximate surface area is 216 Å². The fraction of sp³-hybridized carbons (Fsp3) is 0.385. The number of anilines is 2. The predicted octanol–water partition coefficient (Wildman–Crippen LogP) is 4.49. The van der Waals surface area contributed by atoms with Crippen molar-refractivity contribution < 1.29 is 13.5 Å². The molecule has 0 aliphatic carbocycles. The quantitative estimate of drug-likeness (QED) is 0.404. The van der Waals surface area contributed by atoms with Gasteiger partial charge in [-0.3, -0.25) is 0 Å². The van der Waals surface area contributed by atoms with Gasteiger partial charge in [0.1, 0.15) is 27.2 Å². The summed E-state index contributed by atoms with van der Waals surface area (Å²) in [7, 11) is 0. The first kappa shape index (κ1) is 23.9. The highest BCUT2D eigenvalue weighted by Crippen LogP contribution is 2.45. The number of rotatable bonds is 4. The van der Waals surface area contributed by atoms with E-state index in [2.05, 4.69) is 41.0 Å². The van der Waals surface area contributed by atoms with Gasteiger partial charge in [-0.05, 0) is 17.0 Å². The van der Waals surface area contributed by atoms with Gasteiger partial charge in [0.15, 0.2) is 5.82 Å². The molecular formula is C26H25F2N7OS. The van der Waals surface area contributed by atoms with Gasteiger partial charge >= 0.3 is 0 Å². The molecule has 37 heavy (non-hydrogen) atoms. The number of nitriles is 1. The largest absolute Gasteiger partial charge is 0.389 e. The highest BCUT2D eigenvalue weighted by Gasteiger charge is 2.33. The van der Waals surface area contributed by atoms with Crippen molar-refractivity contribution in [2.45, 2.75) is 46.1 Å². The van der Waals surface area contributed by atoms with Crippen molar-refractivity contribution in [2.75, 3.05) is 23.7 Å². The van der Waals surface area contributed by atoms with Crippen LogP contribution < -0.4 is 16.0 Å². The van der Waals surface area contributed by atoms with Crippen LogP contribution in [0.2, 0.25) is 0 Å². The van der Waals surface area contributed by atoms with Crippen molar-refractivity contribution in [3.8, 4) is 17.2 Å². The van der Waals surface area contributed by atoms with Crippen LogP contribution in [0.4, 0.5) is 19.7 Å². The molecule has 8 nitrogen and oxygen atoms in total. The van der Waals surface area contributed by atoms with E-state index in [0.717, 1.165) is 29.6 Å². The Balaban J connectivity index is 1.57. The number of nitrogen functional groups attached to an aromatic ring is 1. The summed E-state index contributed by atoms with van der Waals surface area (Å²) in [4.78, 5) is 15.8. The molecule has 2 aliphatic rings. The fourth-order valence-corrected chi connectivity index (χ4v) is 6.38. The summed E-state index contributed by atoms with van der Waals surface area (Å²) in [5, 5.41) is 14.3. The number of halogens is 2. The first-order chi connectivity index (χ1) is 17.8. The maximum Gasteiger partial charge on any atom is 0.226 e. The van der Waals surface area contributed by atoms with Gasteiger partial charge in [-0.25, -0.2) is 23.7 Å². The van der Waals surface area contributed by atoms with Gasteiger partial charge in [0.2, 0.25) is 5.95 Å². The second kappa shape index (κ2) is 8.83. The lowest BCUT2D eigenvalue weighted by molar-refractivity contribution is 0.135. The summed E-state index contributed by atoms with van der Waals surface area (Å²) in [5.74, 6) is -0.622. The Morgan fingerprint density at radius 2 is 1.97 bits per heavy atom. The van der Waals surface area contributed by atoms with Gasteiger partial charge in [0.05, 0.1) is 25.0 Å². The molecule has 0 radical (unpaired) electrons. The van der Waals surface area contributed by atoms with E-state index in [0.29, 0.717) is 40.2 Å². The van der Waals surface area contributed by atoms with Crippen LogP contribution in [0.3, 0.4) is 0 Å². The van der Waals surface area contributed by atoms with Crippen LogP contribution in [-0.4, -0.2) is 40.1 Å². The molecule has 11 heteroatoms. The van der Waals surface area contributed by atoms with Crippen molar-refractivity contribution in [1.29, 1.82) is 5.26 Å². The lowest BCUT2D eigenvalue weighted by Gasteiger charge is -2.20. The number of nitrogens with one attached hydrogen (secondary N) is 1. The first-order valence-electron chi connectivity index (χ1n) is 12.1. The molecule has 3 N–H and O–H groups in total. The number of pyridine rings is 1. The van der Waals surface area contributed by atoms with Crippen molar-refractivity contribution >= 4 is 43.4 Å². The number of aromatic nitrogens is 3. The van der Waals surface area contributed by atoms with Gasteiger partial charge in [-0.1, -0.05) is 32.1 Å². The van der Waals surface area contributed by atoms with E-state index in [1.165, 1.54) is 0 Å². The SMILES string of the molecule is CC(C)N[C@@H]1CN(c2ncc3c4c(c(-c5c(F)cnc6sc(N)c(C#N)c56)c(F)c3n2)COC4)C[C@H]1C. The third kappa shape index (κ3) is 3.70. The van der Waals surface area contributed by atoms with Gasteiger partial charge in [0, 0.05) is 53.3 Å². The van der Waals surface area contributed by atoms with Crippen molar-refractivity contribution in [2.24, 2.45) is 5.92 Å². The minimum atomic E-state index is -0.737. The molecule has 0 amide bonds. The lowest BCUT2D eigenvalue weighted by Crippen LogP contribution is -2.39. The van der Waals surface area contributed by atoms with Crippen LogP contribution in [-0.2, 0) is 18.0 Å². The number of hydrogen-bond donors (Lipinski definition) is 2. The Kier molecular flexibility index (Phi) is 5.71. The summed E-state index contributed by atoms with van der Waals surface area (Å²) >= 11 is 1.07. The number of nitrogens with zero attached hydrogens (tertiary/aromatic N) is 5. The van der Waals surface area contributed by atoms with Crippen molar-refractivity contribution in [3.05, 3.63) is 40.7 Å².